The monoisotopic (exact) mass is 393 g/mol. The predicted octanol–water partition coefficient (Wildman–Crippen LogP) is 3.92. The van der Waals surface area contributed by atoms with Gasteiger partial charge in [-0.2, -0.15) is 5.26 Å². The molecule has 0 spiro atoms. The Bertz CT molecular complexity index is 700. The van der Waals surface area contributed by atoms with Gasteiger partial charge in [-0.3, -0.25) is 4.79 Å². The average molecular weight is 395 g/mol. The van der Waals surface area contributed by atoms with Crippen molar-refractivity contribution in [3.8, 4) is 6.07 Å². The number of carbonyl (C=O) groups excluding carboxylic acids is 1. The maximum atomic E-state index is 12.2. The first-order valence-electron chi connectivity index (χ1n) is 5.57. The van der Waals surface area contributed by atoms with Gasteiger partial charge in [0.25, 0.3) is 5.91 Å². The van der Waals surface area contributed by atoms with Crippen LogP contribution in [-0.4, -0.2) is 5.91 Å². The number of rotatable bonds is 2. The van der Waals surface area contributed by atoms with Crippen molar-refractivity contribution in [2.24, 2.45) is 0 Å². The number of nitrogens with one attached hydrogen (secondary N) is 1. The number of hydrogen-bond donors (Lipinski definition) is 2. The van der Waals surface area contributed by atoms with Crippen LogP contribution in [0.1, 0.15) is 15.9 Å². The average Bonchev–Trinajstić information content (AvgIpc) is 2.42. The summed E-state index contributed by atoms with van der Waals surface area (Å²) in [5.41, 5.74) is 7.65. The number of nitrogens with zero attached hydrogens (tertiary/aromatic N) is 1. The smallest absolute Gasteiger partial charge is 0.255 e. The van der Waals surface area contributed by atoms with Crippen LogP contribution < -0.4 is 11.1 Å². The summed E-state index contributed by atoms with van der Waals surface area (Å²) < 4.78 is 1.49. The summed E-state index contributed by atoms with van der Waals surface area (Å²) in [7, 11) is 0. The minimum atomic E-state index is -0.322. The molecule has 0 heterocycles. The highest BCUT2D eigenvalue weighted by Gasteiger charge is 2.12. The van der Waals surface area contributed by atoms with Crippen molar-refractivity contribution in [3.63, 3.8) is 0 Å². The molecule has 6 heteroatoms. The van der Waals surface area contributed by atoms with Gasteiger partial charge >= 0.3 is 0 Å². The van der Waals surface area contributed by atoms with Crippen molar-refractivity contribution >= 4 is 49.1 Å². The third kappa shape index (κ3) is 3.18. The molecule has 2 rings (SSSR count). The molecule has 100 valence electrons. The fourth-order valence-electron chi connectivity index (χ4n) is 1.64. The van der Waals surface area contributed by atoms with Crippen molar-refractivity contribution in [1.29, 1.82) is 5.26 Å². The summed E-state index contributed by atoms with van der Waals surface area (Å²) in [6.45, 7) is 0. The van der Waals surface area contributed by atoms with Gasteiger partial charge in [-0.1, -0.05) is 22.0 Å². The first-order valence-corrected chi connectivity index (χ1v) is 7.16. The van der Waals surface area contributed by atoms with Crippen LogP contribution in [0.25, 0.3) is 0 Å². The first kappa shape index (κ1) is 14.6. The topological polar surface area (TPSA) is 78.9 Å². The van der Waals surface area contributed by atoms with Gasteiger partial charge in [-0.15, -0.1) is 0 Å². The van der Waals surface area contributed by atoms with E-state index in [0.29, 0.717) is 27.0 Å². The number of carbonyl (C=O) groups is 1. The molecule has 2 aromatic carbocycles. The summed E-state index contributed by atoms with van der Waals surface area (Å²) in [5.74, 6) is -0.322. The normalized spacial score (nSPS) is 9.85. The molecule has 1 amide bonds. The number of nitrogens with two attached hydrogens (primary N) is 1. The van der Waals surface area contributed by atoms with Gasteiger partial charge in [0, 0.05) is 14.5 Å². The highest BCUT2D eigenvalue weighted by Crippen LogP contribution is 2.32. The number of anilines is 2. The van der Waals surface area contributed by atoms with Crippen LogP contribution in [0, 0.1) is 11.3 Å². The van der Waals surface area contributed by atoms with Gasteiger partial charge in [-0.25, -0.2) is 0 Å². The summed E-state index contributed by atoms with van der Waals surface area (Å²) in [5, 5.41) is 11.6. The van der Waals surface area contributed by atoms with Crippen molar-refractivity contribution in [2.45, 2.75) is 0 Å². The van der Waals surface area contributed by atoms with Crippen LogP contribution in [0.4, 0.5) is 11.4 Å². The van der Waals surface area contributed by atoms with Crippen molar-refractivity contribution < 1.29 is 4.79 Å². The number of amides is 1. The number of nitrogen functional groups attached to an aromatic ring is 1. The molecule has 0 aliphatic rings. The van der Waals surface area contributed by atoms with Gasteiger partial charge in [0.1, 0.15) is 0 Å². The van der Waals surface area contributed by atoms with Crippen LogP contribution in [0.3, 0.4) is 0 Å². The largest absolute Gasteiger partial charge is 0.397 e. The van der Waals surface area contributed by atoms with E-state index in [0.717, 1.165) is 4.47 Å². The van der Waals surface area contributed by atoms with Crippen LogP contribution in [0.15, 0.2) is 45.3 Å². The molecular formula is C14H9Br2N3O. The molecule has 3 N–H and O–H groups in total. The highest BCUT2D eigenvalue weighted by molar-refractivity contribution is 9.11. The molecule has 0 unspecified atom stereocenters. The van der Waals surface area contributed by atoms with Crippen molar-refractivity contribution in [3.05, 3.63) is 56.5 Å². The van der Waals surface area contributed by atoms with E-state index < -0.39 is 0 Å². The minimum absolute atomic E-state index is 0.322. The second-order valence-corrected chi connectivity index (χ2v) is 5.77. The number of nitriles is 1. The third-order valence-corrected chi connectivity index (χ3v) is 3.66. The summed E-state index contributed by atoms with van der Waals surface area (Å²) >= 11 is 6.67. The highest BCUT2D eigenvalue weighted by atomic mass is 79.9. The fraction of sp³-hybridized carbons (Fsp3) is 0. The zero-order valence-corrected chi connectivity index (χ0v) is 13.3. The Morgan fingerprint density at radius 2 is 2.00 bits per heavy atom. The molecule has 20 heavy (non-hydrogen) atoms. The summed E-state index contributed by atoms with van der Waals surface area (Å²) in [6, 6.07) is 11.9. The standard InChI is InChI=1S/C14H9Br2N3O/c15-10-5-11(16)13(12(18)6-10)19-14(20)9-3-1-2-8(4-9)7-17/h1-6H,18H2,(H,19,20). The van der Waals surface area contributed by atoms with E-state index in [1.165, 1.54) is 6.07 Å². The summed E-state index contributed by atoms with van der Waals surface area (Å²) in [6.07, 6.45) is 0. The Labute approximate surface area is 132 Å². The molecule has 0 saturated heterocycles. The lowest BCUT2D eigenvalue weighted by Crippen LogP contribution is -2.13. The van der Waals surface area contributed by atoms with Gasteiger partial charge in [0.2, 0.25) is 0 Å². The lowest BCUT2D eigenvalue weighted by atomic mass is 10.1. The van der Waals surface area contributed by atoms with Gasteiger partial charge in [-0.05, 0) is 46.3 Å². The molecule has 0 saturated carbocycles. The number of hydrogen-bond acceptors (Lipinski definition) is 3. The molecule has 4 nitrogen and oxygen atoms in total. The molecule has 0 bridgehead atoms. The van der Waals surface area contributed by atoms with E-state index in [-0.39, 0.29) is 5.91 Å². The van der Waals surface area contributed by atoms with E-state index in [2.05, 4.69) is 37.2 Å². The molecular weight excluding hydrogens is 386 g/mol. The fourth-order valence-corrected chi connectivity index (χ4v) is 3.00. The van der Waals surface area contributed by atoms with Crippen LogP contribution >= 0.6 is 31.9 Å². The van der Waals surface area contributed by atoms with E-state index in [9.17, 15) is 4.79 Å². The quantitative estimate of drug-likeness (QED) is 0.757. The first-order chi connectivity index (χ1) is 9.51. The lowest BCUT2D eigenvalue weighted by Gasteiger charge is -2.11. The summed E-state index contributed by atoms with van der Waals surface area (Å²) in [4.78, 5) is 12.2. The Balaban J connectivity index is 2.31. The predicted molar refractivity (Wildman–Crippen MR) is 85.4 cm³/mol. The van der Waals surface area contributed by atoms with Crippen LogP contribution in [0.2, 0.25) is 0 Å². The molecule has 0 radical (unpaired) electrons. The molecule has 0 atom stereocenters. The molecule has 0 aromatic heterocycles. The maximum absolute atomic E-state index is 12.2. The second-order valence-electron chi connectivity index (χ2n) is 4.00. The Morgan fingerprint density at radius 3 is 2.65 bits per heavy atom. The minimum Gasteiger partial charge on any atom is -0.397 e. The Kier molecular flexibility index (Phi) is 4.42. The van der Waals surface area contributed by atoms with E-state index in [1.807, 2.05) is 6.07 Å². The number of benzene rings is 2. The van der Waals surface area contributed by atoms with Gasteiger partial charge < -0.3 is 11.1 Å². The van der Waals surface area contributed by atoms with Crippen molar-refractivity contribution in [2.75, 3.05) is 11.1 Å². The molecule has 0 aliphatic heterocycles. The molecule has 2 aromatic rings. The zero-order valence-electron chi connectivity index (χ0n) is 10.2. The zero-order chi connectivity index (χ0) is 14.7. The number of halogens is 2. The van der Waals surface area contributed by atoms with Crippen molar-refractivity contribution in [1.82, 2.24) is 0 Å². The van der Waals surface area contributed by atoms with Crippen LogP contribution in [0.5, 0.6) is 0 Å². The van der Waals surface area contributed by atoms with Crippen LogP contribution in [-0.2, 0) is 0 Å². The molecule has 0 aliphatic carbocycles. The second kappa shape index (κ2) is 6.07. The lowest BCUT2D eigenvalue weighted by molar-refractivity contribution is 0.102. The Hall–Kier alpha value is -1.84. The van der Waals surface area contributed by atoms with E-state index in [4.69, 9.17) is 11.0 Å². The van der Waals surface area contributed by atoms with Gasteiger partial charge in [0.15, 0.2) is 0 Å². The van der Waals surface area contributed by atoms with E-state index in [1.54, 1.807) is 30.3 Å². The van der Waals surface area contributed by atoms with E-state index >= 15 is 0 Å². The maximum Gasteiger partial charge on any atom is 0.255 e. The third-order valence-electron chi connectivity index (χ3n) is 2.58. The van der Waals surface area contributed by atoms with Gasteiger partial charge in [0.05, 0.1) is 23.0 Å². The molecule has 0 fully saturated rings. The SMILES string of the molecule is N#Cc1cccc(C(=O)Nc2c(N)cc(Br)cc2Br)c1. The Morgan fingerprint density at radius 1 is 1.25 bits per heavy atom.